The summed E-state index contributed by atoms with van der Waals surface area (Å²) in [6.07, 6.45) is -4.27. The van der Waals surface area contributed by atoms with Gasteiger partial charge in [-0.05, 0) is 24.1 Å². The molecule has 0 radical (unpaired) electrons. The van der Waals surface area contributed by atoms with Crippen LogP contribution in [0.1, 0.15) is 24.6 Å². The van der Waals surface area contributed by atoms with Crippen LogP contribution < -0.4 is 4.90 Å². The highest BCUT2D eigenvalue weighted by molar-refractivity contribution is 6.17. The fourth-order valence-electron chi connectivity index (χ4n) is 1.50. The molecule has 1 heterocycles. The van der Waals surface area contributed by atoms with Crippen molar-refractivity contribution >= 4 is 17.4 Å². The Kier molecular flexibility index (Phi) is 5.26. The maximum absolute atomic E-state index is 12.2. The van der Waals surface area contributed by atoms with E-state index in [4.69, 9.17) is 11.6 Å². The molecule has 1 aromatic heterocycles. The van der Waals surface area contributed by atoms with E-state index in [9.17, 15) is 13.2 Å². The Morgan fingerprint density at radius 2 is 2.00 bits per heavy atom. The SMILES string of the molecule is CCc1cc(CCl)cc(N(C)CCC(F)(F)F)n1. The lowest BCUT2D eigenvalue weighted by Gasteiger charge is -2.20. The van der Waals surface area contributed by atoms with E-state index in [0.717, 1.165) is 17.7 Å². The summed E-state index contributed by atoms with van der Waals surface area (Å²) in [5.74, 6) is 0.865. The molecule has 0 aliphatic carbocycles. The van der Waals surface area contributed by atoms with Gasteiger partial charge in [0.15, 0.2) is 0 Å². The molecule has 0 fully saturated rings. The number of aromatic nitrogens is 1. The largest absolute Gasteiger partial charge is 0.390 e. The molecule has 2 nitrogen and oxygen atoms in total. The van der Waals surface area contributed by atoms with E-state index in [1.807, 2.05) is 13.0 Å². The number of halogens is 4. The predicted octanol–water partition coefficient (Wildman–Crippen LogP) is 3.77. The van der Waals surface area contributed by atoms with E-state index in [0.29, 0.717) is 11.7 Å². The van der Waals surface area contributed by atoms with Crippen LogP contribution in [0.25, 0.3) is 0 Å². The molecule has 0 aromatic carbocycles. The second-order valence-corrected chi connectivity index (χ2v) is 4.37. The van der Waals surface area contributed by atoms with Gasteiger partial charge in [0.25, 0.3) is 0 Å². The summed E-state index contributed by atoms with van der Waals surface area (Å²) in [7, 11) is 1.60. The van der Waals surface area contributed by atoms with E-state index < -0.39 is 12.6 Å². The Bertz CT molecular complexity index is 371. The zero-order valence-electron chi connectivity index (χ0n) is 10.4. The van der Waals surface area contributed by atoms with E-state index in [1.54, 1.807) is 13.1 Å². The van der Waals surface area contributed by atoms with E-state index >= 15 is 0 Å². The van der Waals surface area contributed by atoms with Gasteiger partial charge in [0.1, 0.15) is 5.82 Å². The highest BCUT2D eigenvalue weighted by Crippen LogP contribution is 2.22. The van der Waals surface area contributed by atoms with Crippen LogP contribution in [-0.4, -0.2) is 24.8 Å². The number of pyridine rings is 1. The summed E-state index contributed by atoms with van der Waals surface area (Å²) in [6, 6.07) is 3.59. The number of hydrogen-bond acceptors (Lipinski definition) is 2. The number of nitrogens with zero attached hydrogens (tertiary/aromatic N) is 2. The average molecular weight is 281 g/mol. The van der Waals surface area contributed by atoms with Crippen LogP contribution in [0.3, 0.4) is 0 Å². The highest BCUT2D eigenvalue weighted by Gasteiger charge is 2.27. The van der Waals surface area contributed by atoms with Crippen molar-refractivity contribution in [2.24, 2.45) is 0 Å². The van der Waals surface area contributed by atoms with Gasteiger partial charge in [-0.25, -0.2) is 4.98 Å². The number of aryl methyl sites for hydroxylation is 1. The van der Waals surface area contributed by atoms with Gasteiger partial charge < -0.3 is 4.90 Å². The molecule has 0 saturated carbocycles. The number of hydrogen-bond donors (Lipinski definition) is 0. The molecule has 102 valence electrons. The Morgan fingerprint density at radius 3 is 2.50 bits per heavy atom. The first-order valence-corrected chi connectivity index (χ1v) is 6.23. The van der Waals surface area contributed by atoms with Crippen LogP contribution in [0.4, 0.5) is 19.0 Å². The minimum Gasteiger partial charge on any atom is -0.359 e. The molecule has 0 atom stereocenters. The summed E-state index contributed by atoms with van der Waals surface area (Å²) in [5.41, 5.74) is 1.71. The molecule has 0 unspecified atom stereocenters. The van der Waals surface area contributed by atoms with Crippen molar-refractivity contribution < 1.29 is 13.2 Å². The summed E-state index contributed by atoms with van der Waals surface area (Å²) < 4.78 is 36.5. The van der Waals surface area contributed by atoms with Crippen LogP contribution in [0.2, 0.25) is 0 Å². The quantitative estimate of drug-likeness (QED) is 0.763. The first-order chi connectivity index (χ1) is 8.35. The average Bonchev–Trinajstić information content (AvgIpc) is 2.34. The van der Waals surface area contributed by atoms with Gasteiger partial charge in [0.2, 0.25) is 0 Å². The number of rotatable bonds is 5. The normalized spacial score (nSPS) is 11.7. The maximum atomic E-state index is 12.2. The van der Waals surface area contributed by atoms with E-state index in [2.05, 4.69) is 4.98 Å². The van der Waals surface area contributed by atoms with Gasteiger partial charge in [0.05, 0.1) is 6.42 Å². The third-order valence-electron chi connectivity index (χ3n) is 2.56. The standard InChI is InChI=1S/C12H16ClF3N2/c1-3-10-6-9(8-13)7-11(17-10)18(2)5-4-12(14,15)16/h6-7H,3-5,8H2,1-2H3. The second kappa shape index (κ2) is 6.27. The molecular weight excluding hydrogens is 265 g/mol. The Labute approximate surface area is 110 Å². The number of anilines is 1. The third-order valence-corrected chi connectivity index (χ3v) is 2.87. The van der Waals surface area contributed by atoms with Crippen molar-refractivity contribution in [3.05, 3.63) is 23.4 Å². The van der Waals surface area contributed by atoms with Crippen LogP contribution in [0.15, 0.2) is 12.1 Å². The Hall–Kier alpha value is -0.970. The van der Waals surface area contributed by atoms with Crippen LogP contribution in [0.5, 0.6) is 0 Å². The molecule has 0 saturated heterocycles. The maximum Gasteiger partial charge on any atom is 0.390 e. The lowest BCUT2D eigenvalue weighted by Crippen LogP contribution is -2.25. The lowest BCUT2D eigenvalue weighted by molar-refractivity contribution is -0.132. The fraction of sp³-hybridized carbons (Fsp3) is 0.583. The molecule has 18 heavy (non-hydrogen) atoms. The van der Waals surface area contributed by atoms with Gasteiger partial charge in [-0.1, -0.05) is 6.92 Å². The number of alkyl halides is 4. The Morgan fingerprint density at radius 1 is 1.33 bits per heavy atom. The zero-order chi connectivity index (χ0) is 13.8. The first-order valence-electron chi connectivity index (χ1n) is 5.69. The summed E-state index contributed by atoms with van der Waals surface area (Å²) in [6.45, 7) is 1.84. The van der Waals surface area contributed by atoms with Crippen molar-refractivity contribution in [2.75, 3.05) is 18.5 Å². The molecule has 0 aliphatic heterocycles. The highest BCUT2D eigenvalue weighted by atomic mass is 35.5. The van der Waals surface area contributed by atoms with Gasteiger partial charge in [-0.15, -0.1) is 11.6 Å². The van der Waals surface area contributed by atoms with Crippen molar-refractivity contribution in [3.63, 3.8) is 0 Å². The lowest BCUT2D eigenvalue weighted by atomic mass is 10.2. The molecule has 6 heteroatoms. The predicted molar refractivity (Wildman–Crippen MR) is 67.1 cm³/mol. The minimum absolute atomic E-state index is 0.106. The third kappa shape index (κ3) is 4.72. The van der Waals surface area contributed by atoms with Crippen molar-refractivity contribution in [1.29, 1.82) is 0 Å². The van der Waals surface area contributed by atoms with Crippen molar-refractivity contribution in [2.45, 2.75) is 31.8 Å². The summed E-state index contributed by atoms with van der Waals surface area (Å²) in [5, 5.41) is 0. The zero-order valence-corrected chi connectivity index (χ0v) is 11.1. The Balaban J connectivity index is 2.81. The summed E-state index contributed by atoms with van der Waals surface area (Å²) in [4.78, 5) is 5.80. The van der Waals surface area contributed by atoms with Crippen LogP contribution in [-0.2, 0) is 12.3 Å². The van der Waals surface area contributed by atoms with Gasteiger partial charge in [-0.2, -0.15) is 13.2 Å². The molecule has 1 rings (SSSR count). The summed E-state index contributed by atoms with van der Waals surface area (Å²) >= 11 is 5.76. The van der Waals surface area contributed by atoms with Crippen molar-refractivity contribution in [3.8, 4) is 0 Å². The van der Waals surface area contributed by atoms with Crippen LogP contribution in [0, 0.1) is 0 Å². The fourth-order valence-corrected chi connectivity index (χ4v) is 1.65. The van der Waals surface area contributed by atoms with Gasteiger partial charge in [0, 0.05) is 25.2 Å². The van der Waals surface area contributed by atoms with E-state index in [1.165, 1.54) is 4.90 Å². The molecule has 0 bridgehead atoms. The van der Waals surface area contributed by atoms with Crippen molar-refractivity contribution in [1.82, 2.24) is 4.98 Å². The van der Waals surface area contributed by atoms with Gasteiger partial charge >= 0.3 is 6.18 Å². The topological polar surface area (TPSA) is 16.1 Å². The molecular formula is C12H16ClF3N2. The van der Waals surface area contributed by atoms with Crippen LogP contribution >= 0.6 is 11.6 Å². The molecule has 0 N–H and O–H groups in total. The smallest absolute Gasteiger partial charge is 0.359 e. The molecule has 0 amide bonds. The molecule has 0 aliphatic rings. The minimum atomic E-state index is -4.15. The monoisotopic (exact) mass is 280 g/mol. The molecule has 1 aromatic rings. The first kappa shape index (κ1) is 15.1. The molecule has 0 spiro atoms. The van der Waals surface area contributed by atoms with E-state index in [-0.39, 0.29) is 6.54 Å². The second-order valence-electron chi connectivity index (χ2n) is 4.10. The van der Waals surface area contributed by atoms with Gasteiger partial charge in [-0.3, -0.25) is 0 Å².